The van der Waals surface area contributed by atoms with Gasteiger partial charge in [0, 0.05) is 85.1 Å². The molecule has 3 atom stereocenters. The second-order valence-corrected chi connectivity index (χ2v) is 16.6. The lowest BCUT2D eigenvalue weighted by Crippen LogP contribution is -2.77. The van der Waals surface area contributed by atoms with Crippen molar-refractivity contribution in [2.45, 2.75) is 82.3 Å². The van der Waals surface area contributed by atoms with Crippen LogP contribution in [0, 0.1) is 11.6 Å². The molecule has 2 N–H and O–H groups in total. The summed E-state index contributed by atoms with van der Waals surface area (Å²) < 4.78 is 60.3. The Bertz CT molecular complexity index is 2370. The number of piperidine rings is 1. The number of rotatable bonds is 7. The maximum atomic E-state index is 16.3. The van der Waals surface area contributed by atoms with Gasteiger partial charge in [-0.2, -0.15) is 0 Å². The molecule has 1 spiro atoms. The summed E-state index contributed by atoms with van der Waals surface area (Å²) in [5, 5.41) is 3.24. The van der Waals surface area contributed by atoms with E-state index in [1.165, 1.54) is 21.9 Å². The highest BCUT2D eigenvalue weighted by atomic mass is 19.3. The minimum atomic E-state index is -2.69. The van der Waals surface area contributed by atoms with Crippen LogP contribution in [0.5, 0.6) is 0 Å². The monoisotopic (exact) mass is 783 g/mol. The summed E-state index contributed by atoms with van der Waals surface area (Å²) in [5.41, 5.74) is 5.20. The van der Waals surface area contributed by atoms with E-state index in [1.54, 1.807) is 4.90 Å². The molecule has 0 radical (unpaired) electrons. The van der Waals surface area contributed by atoms with E-state index in [0.29, 0.717) is 62.5 Å². The average molecular weight is 784 g/mol. The number of amides is 4. The van der Waals surface area contributed by atoms with Crippen LogP contribution in [-0.4, -0.2) is 105 Å². The Hall–Kier alpha value is -5.28. The Morgan fingerprint density at radius 2 is 1.70 bits per heavy atom. The van der Waals surface area contributed by atoms with Crippen LogP contribution in [-0.2, 0) is 40.4 Å². The summed E-state index contributed by atoms with van der Waals surface area (Å²) >= 11 is 0. The van der Waals surface area contributed by atoms with Crippen molar-refractivity contribution in [1.82, 2.24) is 29.9 Å². The van der Waals surface area contributed by atoms with Gasteiger partial charge in [0.2, 0.25) is 17.7 Å². The highest BCUT2D eigenvalue weighted by Gasteiger charge is 2.54. The summed E-state index contributed by atoms with van der Waals surface area (Å²) in [6, 6.07) is 11.8. The zero-order chi connectivity index (χ0) is 39.5. The zero-order valence-corrected chi connectivity index (χ0v) is 31.3. The van der Waals surface area contributed by atoms with Crippen LogP contribution in [0.2, 0.25) is 0 Å². The SMILES string of the molecule is C[C@@H]1Cc2c([nH]c3ccccc23)[C@@H](c2c(F)cc(N3CC4(CCN4CC(=O)N4Cc5cc6c(cc5C4)C(=O)N(C4CCC(=O)NC4=O)C6)C3)cc2F)N1CC(F)F. The number of H-pyrrole nitrogens is 1. The number of hydrogen-bond donors (Lipinski definition) is 2. The molecule has 6 aliphatic rings. The molecule has 296 valence electrons. The van der Waals surface area contributed by atoms with Gasteiger partial charge in [0.1, 0.15) is 17.7 Å². The molecule has 10 rings (SSSR count). The molecule has 1 unspecified atom stereocenters. The number of carbonyl (C=O) groups is 4. The van der Waals surface area contributed by atoms with Crippen LogP contribution in [0.15, 0.2) is 48.5 Å². The fraction of sp³-hybridized carbons (Fsp3) is 0.429. The standard InChI is InChI=1S/C42H41F4N7O4/c1-22-10-29-27-4-2-3-5-32(27)47-38(29)39(52(22)18-34(45)46)37-30(43)13-26(14-31(37)44)50-20-42(21-50)8-9-51(42)19-36(55)49-15-23-11-25-17-53(33-6-7-35(54)48-40(33)56)41(57)28(25)12-24(23)16-49/h2-5,11-14,22,33-34,39,47H,6-10,15-21H2,1H3,(H,48,54,56)/t22-,33?,39-/m1/s1. The smallest absolute Gasteiger partial charge is 0.255 e. The number of likely N-dealkylation sites (tertiary alicyclic amines) is 1. The summed E-state index contributed by atoms with van der Waals surface area (Å²) in [6.45, 7) is 4.11. The molecule has 57 heavy (non-hydrogen) atoms. The first-order valence-corrected chi connectivity index (χ1v) is 19.6. The number of para-hydroxylation sites is 1. The van der Waals surface area contributed by atoms with Gasteiger partial charge in [0.05, 0.1) is 24.7 Å². The van der Waals surface area contributed by atoms with E-state index in [1.807, 2.05) is 48.2 Å². The van der Waals surface area contributed by atoms with E-state index in [9.17, 15) is 28.0 Å². The first kappa shape index (κ1) is 36.1. The third kappa shape index (κ3) is 5.75. The molecule has 7 heterocycles. The lowest BCUT2D eigenvalue weighted by molar-refractivity contribution is -0.139. The molecular formula is C42H41F4N7O4. The number of aromatic nitrogens is 1. The predicted molar refractivity (Wildman–Crippen MR) is 200 cm³/mol. The normalized spacial score (nSPS) is 24.2. The van der Waals surface area contributed by atoms with E-state index in [-0.39, 0.29) is 54.4 Å². The maximum Gasteiger partial charge on any atom is 0.255 e. The summed E-state index contributed by atoms with van der Waals surface area (Å²) in [7, 11) is 0. The van der Waals surface area contributed by atoms with Crippen molar-refractivity contribution in [3.8, 4) is 0 Å². The van der Waals surface area contributed by atoms with E-state index in [2.05, 4.69) is 15.2 Å². The molecule has 4 amide bonds. The van der Waals surface area contributed by atoms with E-state index >= 15 is 8.78 Å². The fourth-order valence-electron chi connectivity index (χ4n) is 10.2. The van der Waals surface area contributed by atoms with Gasteiger partial charge < -0.3 is 19.7 Å². The molecule has 15 heteroatoms. The quantitative estimate of drug-likeness (QED) is 0.208. The predicted octanol–water partition coefficient (Wildman–Crippen LogP) is 4.62. The Morgan fingerprint density at radius 3 is 2.40 bits per heavy atom. The summed E-state index contributed by atoms with van der Waals surface area (Å²) in [4.78, 5) is 63.2. The molecule has 0 aliphatic carbocycles. The fourth-order valence-corrected chi connectivity index (χ4v) is 10.2. The molecule has 6 aliphatic heterocycles. The van der Waals surface area contributed by atoms with Crippen molar-refractivity contribution in [1.29, 1.82) is 0 Å². The van der Waals surface area contributed by atoms with Gasteiger partial charge in [-0.15, -0.1) is 0 Å². The minimum absolute atomic E-state index is 0.0479. The number of aromatic amines is 1. The first-order valence-electron chi connectivity index (χ1n) is 19.6. The lowest BCUT2D eigenvalue weighted by atomic mass is 9.77. The van der Waals surface area contributed by atoms with Crippen LogP contribution < -0.4 is 10.2 Å². The Kier molecular flexibility index (Phi) is 8.31. The van der Waals surface area contributed by atoms with E-state index in [0.717, 1.165) is 39.6 Å². The number of anilines is 1. The maximum absolute atomic E-state index is 16.3. The number of nitrogens with zero attached hydrogens (tertiary/aromatic N) is 5. The largest absolute Gasteiger partial charge is 0.368 e. The van der Waals surface area contributed by atoms with Crippen molar-refractivity contribution in [3.05, 3.63) is 99.2 Å². The Balaban J connectivity index is 0.809. The van der Waals surface area contributed by atoms with E-state index in [4.69, 9.17) is 0 Å². The minimum Gasteiger partial charge on any atom is -0.368 e. The number of benzene rings is 3. The van der Waals surface area contributed by atoms with Gasteiger partial charge in [0.25, 0.3) is 12.3 Å². The van der Waals surface area contributed by atoms with Crippen molar-refractivity contribution in [3.63, 3.8) is 0 Å². The lowest BCUT2D eigenvalue weighted by Gasteiger charge is -2.63. The summed E-state index contributed by atoms with van der Waals surface area (Å²) in [6.07, 6.45) is -0.902. The van der Waals surface area contributed by atoms with Crippen molar-refractivity contribution >= 4 is 40.2 Å². The molecule has 0 bridgehead atoms. The third-order valence-corrected chi connectivity index (χ3v) is 13.3. The second-order valence-electron chi connectivity index (χ2n) is 16.6. The second kappa shape index (κ2) is 13.1. The number of alkyl halides is 2. The highest BCUT2D eigenvalue weighted by Crippen LogP contribution is 2.46. The van der Waals surface area contributed by atoms with Gasteiger partial charge in [-0.1, -0.05) is 24.3 Å². The molecule has 11 nitrogen and oxygen atoms in total. The first-order chi connectivity index (χ1) is 27.4. The number of nitrogens with one attached hydrogen (secondary N) is 2. The van der Waals surface area contributed by atoms with E-state index < -0.39 is 42.6 Å². The molecular weight excluding hydrogens is 742 g/mol. The molecule has 0 saturated carbocycles. The van der Waals surface area contributed by atoms with Gasteiger partial charge in [-0.3, -0.25) is 34.3 Å². The Morgan fingerprint density at radius 1 is 0.965 bits per heavy atom. The number of halogens is 4. The zero-order valence-electron chi connectivity index (χ0n) is 31.3. The van der Waals surface area contributed by atoms with Crippen molar-refractivity contribution in [2.75, 3.05) is 37.6 Å². The molecule has 4 aromatic rings. The topological polar surface area (TPSA) is 112 Å². The van der Waals surface area contributed by atoms with Crippen molar-refractivity contribution in [2.24, 2.45) is 0 Å². The number of carbonyl (C=O) groups excluding carboxylic acids is 4. The van der Waals surface area contributed by atoms with Gasteiger partial charge in [-0.05, 0) is 72.7 Å². The number of fused-ring (bicyclic) bond motifs is 5. The molecule has 1 aromatic heterocycles. The molecule has 3 aromatic carbocycles. The highest BCUT2D eigenvalue weighted by molar-refractivity contribution is 6.05. The van der Waals surface area contributed by atoms with Crippen molar-refractivity contribution < 1.29 is 36.7 Å². The number of hydrogen-bond acceptors (Lipinski definition) is 7. The van der Waals surface area contributed by atoms with Crippen LogP contribution >= 0.6 is 0 Å². The molecule has 3 saturated heterocycles. The third-order valence-electron chi connectivity index (χ3n) is 13.3. The van der Waals surface area contributed by atoms with Gasteiger partial charge >= 0.3 is 0 Å². The van der Waals surface area contributed by atoms with Gasteiger partial charge in [0.15, 0.2) is 0 Å². The van der Waals surface area contributed by atoms with Crippen LogP contribution in [0.4, 0.5) is 23.2 Å². The number of imide groups is 1. The van der Waals surface area contributed by atoms with Crippen LogP contribution in [0.25, 0.3) is 10.9 Å². The molecule has 3 fully saturated rings. The van der Waals surface area contributed by atoms with Crippen LogP contribution in [0.1, 0.15) is 76.1 Å². The summed E-state index contributed by atoms with van der Waals surface area (Å²) in [5.74, 6) is -2.67. The van der Waals surface area contributed by atoms with Crippen LogP contribution in [0.3, 0.4) is 0 Å². The average Bonchev–Trinajstić information content (AvgIpc) is 3.82. The van der Waals surface area contributed by atoms with Gasteiger partial charge in [-0.25, -0.2) is 17.6 Å². The Labute approximate surface area is 325 Å².